The monoisotopic (exact) mass is 310 g/mol. The Hall–Kier alpha value is -2.18. The molecule has 0 aromatic heterocycles. The molecule has 0 unspecified atom stereocenters. The number of nitrogens with zero attached hydrogens (tertiary/aromatic N) is 1. The maximum atomic E-state index is 13.3. The molecule has 0 spiro atoms. The Kier molecular flexibility index (Phi) is 4.72. The maximum absolute atomic E-state index is 13.3. The van der Waals surface area contributed by atoms with E-state index in [-0.39, 0.29) is 10.8 Å². The number of halogens is 2. The Labute approximate surface area is 125 Å². The summed E-state index contributed by atoms with van der Waals surface area (Å²) in [7, 11) is 1.83. The average Bonchev–Trinajstić information content (AvgIpc) is 2.44. The molecule has 5 nitrogen and oxygen atoms in total. The van der Waals surface area contributed by atoms with Gasteiger partial charge in [0.25, 0.3) is 0 Å². The fraction of sp³-hybridized carbons (Fsp3) is 0.143. The van der Waals surface area contributed by atoms with Crippen LogP contribution >= 0.6 is 11.6 Å². The molecule has 0 atom stereocenters. The van der Waals surface area contributed by atoms with Crippen LogP contribution in [-0.4, -0.2) is 12.0 Å². The van der Waals surface area contributed by atoms with Gasteiger partial charge in [0.2, 0.25) is 5.75 Å². The predicted molar refractivity (Wildman–Crippen MR) is 77.3 cm³/mol. The van der Waals surface area contributed by atoms with Crippen molar-refractivity contribution in [1.82, 2.24) is 5.32 Å². The molecule has 21 heavy (non-hydrogen) atoms. The Morgan fingerprint density at radius 2 is 2.00 bits per heavy atom. The van der Waals surface area contributed by atoms with Crippen LogP contribution < -0.4 is 10.1 Å². The number of hydrogen-bond donors (Lipinski definition) is 1. The lowest BCUT2D eigenvalue weighted by molar-refractivity contribution is -0.385. The van der Waals surface area contributed by atoms with Crippen molar-refractivity contribution >= 4 is 17.3 Å². The van der Waals surface area contributed by atoms with Gasteiger partial charge in [-0.2, -0.15) is 0 Å². The van der Waals surface area contributed by atoms with E-state index >= 15 is 0 Å². The first kappa shape index (κ1) is 15.2. The predicted octanol–water partition coefficient (Wildman–Crippen LogP) is 3.90. The molecular formula is C14H12ClFN2O3. The molecule has 0 amide bonds. The average molecular weight is 311 g/mol. The molecule has 0 bridgehead atoms. The zero-order valence-electron chi connectivity index (χ0n) is 11.1. The quantitative estimate of drug-likeness (QED) is 0.672. The first-order valence-electron chi connectivity index (χ1n) is 6.06. The third-order valence-corrected chi connectivity index (χ3v) is 3.02. The third kappa shape index (κ3) is 3.68. The summed E-state index contributed by atoms with van der Waals surface area (Å²) < 4.78 is 18.7. The molecule has 0 heterocycles. The number of hydrogen-bond acceptors (Lipinski definition) is 4. The van der Waals surface area contributed by atoms with Gasteiger partial charge < -0.3 is 10.1 Å². The number of nitro groups is 1. The van der Waals surface area contributed by atoms with Gasteiger partial charge in [0.15, 0.2) is 0 Å². The van der Waals surface area contributed by atoms with Crippen LogP contribution in [0.2, 0.25) is 5.02 Å². The normalized spacial score (nSPS) is 10.4. The van der Waals surface area contributed by atoms with Gasteiger partial charge in [-0.05, 0) is 24.7 Å². The minimum absolute atomic E-state index is 0.104. The molecule has 0 aliphatic rings. The van der Waals surface area contributed by atoms with E-state index in [0.29, 0.717) is 12.3 Å². The fourth-order valence-electron chi connectivity index (χ4n) is 1.75. The number of ether oxygens (including phenoxy) is 1. The number of rotatable bonds is 5. The summed E-state index contributed by atoms with van der Waals surface area (Å²) in [5.74, 6) is -0.562. The van der Waals surface area contributed by atoms with E-state index in [9.17, 15) is 14.5 Å². The summed E-state index contributed by atoms with van der Waals surface area (Å²) >= 11 is 5.64. The zero-order valence-corrected chi connectivity index (χ0v) is 11.9. The van der Waals surface area contributed by atoms with Crippen LogP contribution in [-0.2, 0) is 6.54 Å². The van der Waals surface area contributed by atoms with Gasteiger partial charge in [0.05, 0.1) is 16.0 Å². The van der Waals surface area contributed by atoms with Crippen LogP contribution in [0.25, 0.3) is 0 Å². The van der Waals surface area contributed by atoms with Gasteiger partial charge >= 0.3 is 5.69 Å². The van der Waals surface area contributed by atoms with E-state index in [2.05, 4.69) is 5.32 Å². The SMILES string of the molecule is CNCc1ccc(Oc2cc(Cl)c(F)cc2[N+](=O)[O-])cc1. The van der Waals surface area contributed by atoms with Crippen molar-refractivity contribution in [3.05, 3.63) is 62.9 Å². The Morgan fingerprint density at radius 3 is 2.57 bits per heavy atom. The number of nitrogens with one attached hydrogen (secondary N) is 1. The maximum Gasteiger partial charge on any atom is 0.314 e. The second-order valence-corrected chi connectivity index (χ2v) is 4.67. The second kappa shape index (κ2) is 6.51. The number of benzene rings is 2. The fourth-order valence-corrected chi connectivity index (χ4v) is 1.90. The molecule has 0 fully saturated rings. The highest BCUT2D eigenvalue weighted by Crippen LogP contribution is 2.35. The van der Waals surface area contributed by atoms with Crippen LogP contribution in [0.4, 0.5) is 10.1 Å². The molecule has 2 aromatic carbocycles. The summed E-state index contributed by atoms with van der Waals surface area (Å²) in [4.78, 5) is 10.2. The van der Waals surface area contributed by atoms with Crippen LogP contribution in [0.15, 0.2) is 36.4 Å². The van der Waals surface area contributed by atoms with Gasteiger partial charge in [-0.1, -0.05) is 23.7 Å². The summed E-state index contributed by atoms with van der Waals surface area (Å²) in [5, 5.41) is 13.7. The molecule has 110 valence electrons. The van der Waals surface area contributed by atoms with Crippen molar-refractivity contribution in [2.45, 2.75) is 6.54 Å². The topological polar surface area (TPSA) is 64.4 Å². The minimum atomic E-state index is -0.861. The van der Waals surface area contributed by atoms with E-state index in [1.807, 2.05) is 19.2 Å². The summed E-state index contributed by atoms with van der Waals surface area (Å²) in [6, 6.07) is 8.83. The van der Waals surface area contributed by atoms with Crippen molar-refractivity contribution in [2.24, 2.45) is 0 Å². The minimum Gasteiger partial charge on any atom is -0.450 e. The van der Waals surface area contributed by atoms with Crippen LogP contribution in [0.3, 0.4) is 0 Å². The first-order chi connectivity index (χ1) is 10.0. The van der Waals surface area contributed by atoms with Crippen molar-refractivity contribution in [2.75, 3.05) is 7.05 Å². The van der Waals surface area contributed by atoms with E-state index < -0.39 is 16.4 Å². The Bertz CT molecular complexity index is 662. The van der Waals surface area contributed by atoms with Crippen molar-refractivity contribution in [1.29, 1.82) is 0 Å². The molecule has 0 saturated carbocycles. The smallest absolute Gasteiger partial charge is 0.314 e. The first-order valence-corrected chi connectivity index (χ1v) is 6.44. The standard InChI is InChI=1S/C14H12ClFN2O3/c1-17-8-9-2-4-10(5-3-9)21-14-6-11(15)12(16)7-13(14)18(19)20/h2-7,17H,8H2,1H3. The summed E-state index contributed by atoms with van der Waals surface area (Å²) in [6.07, 6.45) is 0. The molecule has 7 heteroatoms. The molecular weight excluding hydrogens is 299 g/mol. The van der Waals surface area contributed by atoms with Gasteiger partial charge in [-0.25, -0.2) is 4.39 Å². The zero-order chi connectivity index (χ0) is 15.4. The lowest BCUT2D eigenvalue weighted by atomic mass is 10.2. The van der Waals surface area contributed by atoms with E-state index in [1.165, 1.54) is 0 Å². The molecule has 0 aliphatic heterocycles. The van der Waals surface area contributed by atoms with Crippen molar-refractivity contribution < 1.29 is 14.1 Å². The van der Waals surface area contributed by atoms with E-state index in [1.54, 1.807) is 12.1 Å². The molecule has 0 saturated heterocycles. The second-order valence-electron chi connectivity index (χ2n) is 4.27. The van der Waals surface area contributed by atoms with Crippen LogP contribution in [0.5, 0.6) is 11.5 Å². The van der Waals surface area contributed by atoms with Gasteiger partial charge in [0, 0.05) is 12.6 Å². The largest absolute Gasteiger partial charge is 0.450 e. The highest BCUT2D eigenvalue weighted by Gasteiger charge is 2.19. The van der Waals surface area contributed by atoms with Crippen LogP contribution in [0.1, 0.15) is 5.56 Å². The van der Waals surface area contributed by atoms with E-state index in [4.69, 9.17) is 16.3 Å². The Morgan fingerprint density at radius 1 is 1.33 bits per heavy atom. The van der Waals surface area contributed by atoms with E-state index in [0.717, 1.165) is 17.7 Å². The summed E-state index contributed by atoms with van der Waals surface area (Å²) in [5.41, 5.74) is 0.563. The molecule has 0 aliphatic carbocycles. The number of nitro benzene ring substituents is 1. The molecule has 2 rings (SSSR count). The molecule has 1 N–H and O–H groups in total. The van der Waals surface area contributed by atoms with Gasteiger partial charge in [0.1, 0.15) is 11.6 Å². The van der Waals surface area contributed by atoms with Crippen molar-refractivity contribution in [3.63, 3.8) is 0 Å². The molecule has 0 radical (unpaired) electrons. The van der Waals surface area contributed by atoms with Crippen molar-refractivity contribution in [3.8, 4) is 11.5 Å². The lowest BCUT2D eigenvalue weighted by Crippen LogP contribution is -2.04. The third-order valence-electron chi connectivity index (χ3n) is 2.73. The highest BCUT2D eigenvalue weighted by atomic mass is 35.5. The molecule has 2 aromatic rings. The highest BCUT2D eigenvalue weighted by molar-refractivity contribution is 6.31. The lowest BCUT2D eigenvalue weighted by Gasteiger charge is -2.08. The van der Waals surface area contributed by atoms with Crippen LogP contribution in [0, 0.1) is 15.9 Å². The summed E-state index contributed by atoms with van der Waals surface area (Å²) in [6.45, 7) is 0.697. The van der Waals surface area contributed by atoms with Gasteiger partial charge in [-0.15, -0.1) is 0 Å². The Balaban J connectivity index is 2.30. The van der Waals surface area contributed by atoms with Gasteiger partial charge in [-0.3, -0.25) is 10.1 Å².